The third kappa shape index (κ3) is 13.2. The highest BCUT2D eigenvalue weighted by atomic mass is 16.6. The molecule has 29 heavy (non-hydrogen) atoms. The first kappa shape index (κ1) is 24.4. The molecular formula is C24H32O5. The van der Waals surface area contributed by atoms with E-state index in [4.69, 9.17) is 14.2 Å². The molecule has 0 fully saturated rings. The van der Waals surface area contributed by atoms with E-state index in [1.54, 1.807) is 33.8 Å². The summed E-state index contributed by atoms with van der Waals surface area (Å²) in [6.45, 7) is 10.2. The SMILES string of the molecule is CC(/C=C/C(=O)O[C@H](C)/C=C\C(=O)OC(C)(C)C)=C\CCOCc1ccccc1. The van der Waals surface area contributed by atoms with Crippen molar-refractivity contribution in [2.75, 3.05) is 6.61 Å². The van der Waals surface area contributed by atoms with E-state index >= 15 is 0 Å². The van der Waals surface area contributed by atoms with Crippen molar-refractivity contribution >= 4 is 11.9 Å². The Hall–Kier alpha value is -2.66. The topological polar surface area (TPSA) is 61.8 Å². The summed E-state index contributed by atoms with van der Waals surface area (Å²) >= 11 is 0. The summed E-state index contributed by atoms with van der Waals surface area (Å²) in [5.74, 6) is -0.941. The average molecular weight is 401 g/mol. The number of carbonyl (C=O) groups excluding carboxylic acids is 2. The van der Waals surface area contributed by atoms with Crippen LogP contribution < -0.4 is 0 Å². The monoisotopic (exact) mass is 400 g/mol. The molecule has 1 aromatic carbocycles. The molecule has 0 heterocycles. The van der Waals surface area contributed by atoms with E-state index in [2.05, 4.69) is 0 Å². The Balaban J connectivity index is 2.29. The smallest absolute Gasteiger partial charge is 0.331 e. The average Bonchev–Trinajstić information content (AvgIpc) is 2.64. The van der Waals surface area contributed by atoms with Gasteiger partial charge in [-0.2, -0.15) is 0 Å². The van der Waals surface area contributed by atoms with Crippen LogP contribution in [0.2, 0.25) is 0 Å². The van der Waals surface area contributed by atoms with Gasteiger partial charge in [-0.25, -0.2) is 9.59 Å². The molecule has 0 bridgehead atoms. The Bertz CT molecular complexity index is 723. The molecule has 0 radical (unpaired) electrons. The van der Waals surface area contributed by atoms with E-state index in [1.165, 1.54) is 18.2 Å². The van der Waals surface area contributed by atoms with Gasteiger partial charge in [0, 0.05) is 12.2 Å². The highest BCUT2D eigenvalue weighted by Crippen LogP contribution is 2.08. The van der Waals surface area contributed by atoms with Gasteiger partial charge in [-0.1, -0.05) is 48.1 Å². The van der Waals surface area contributed by atoms with Gasteiger partial charge in [0.1, 0.15) is 11.7 Å². The zero-order chi connectivity index (χ0) is 21.7. The number of ether oxygens (including phenoxy) is 3. The van der Waals surface area contributed by atoms with Crippen LogP contribution in [0.25, 0.3) is 0 Å². The van der Waals surface area contributed by atoms with Gasteiger partial charge in [-0.3, -0.25) is 0 Å². The quantitative estimate of drug-likeness (QED) is 0.241. The number of carbonyl (C=O) groups is 2. The minimum atomic E-state index is -0.555. The van der Waals surface area contributed by atoms with Gasteiger partial charge in [0.05, 0.1) is 13.2 Å². The maximum atomic E-state index is 11.9. The number of benzene rings is 1. The standard InChI is InChI=1S/C24H32O5/c1-19(10-9-17-27-18-21-11-7-6-8-12-21)13-15-22(25)28-20(2)14-16-23(26)29-24(3,4)5/h6-8,10-16,20H,9,17-18H2,1-5H3/b15-13+,16-14-,19-10+/t20-/m1/s1. The molecule has 0 saturated carbocycles. The van der Waals surface area contributed by atoms with Crippen molar-refractivity contribution in [2.24, 2.45) is 0 Å². The maximum absolute atomic E-state index is 11.9. The molecule has 0 N–H and O–H groups in total. The minimum Gasteiger partial charge on any atom is -0.457 e. The summed E-state index contributed by atoms with van der Waals surface area (Å²) in [7, 11) is 0. The molecule has 1 rings (SSSR count). The fraction of sp³-hybridized carbons (Fsp3) is 0.417. The van der Waals surface area contributed by atoms with Crippen molar-refractivity contribution in [3.8, 4) is 0 Å². The zero-order valence-electron chi connectivity index (χ0n) is 18.0. The van der Waals surface area contributed by atoms with E-state index in [9.17, 15) is 9.59 Å². The lowest BCUT2D eigenvalue weighted by Crippen LogP contribution is -2.22. The van der Waals surface area contributed by atoms with Gasteiger partial charge < -0.3 is 14.2 Å². The Morgan fingerprint density at radius 2 is 1.72 bits per heavy atom. The third-order valence-corrected chi connectivity index (χ3v) is 3.53. The molecule has 0 saturated heterocycles. The van der Waals surface area contributed by atoms with Crippen LogP contribution in [0.5, 0.6) is 0 Å². The molecule has 0 aliphatic rings. The largest absolute Gasteiger partial charge is 0.457 e. The van der Waals surface area contributed by atoms with Crippen LogP contribution in [0.1, 0.15) is 46.6 Å². The number of hydrogen-bond donors (Lipinski definition) is 0. The van der Waals surface area contributed by atoms with E-state index in [0.29, 0.717) is 13.2 Å². The summed E-state index contributed by atoms with van der Waals surface area (Å²) in [6.07, 6.45) is 8.06. The lowest BCUT2D eigenvalue weighted by molar-refractivity contribution is -0.149. The fourth-order valence-corrected chi connectivity index (χ4v) is 2.21. The second-order valence-electron chi connectivity index (χ2n) is 7.64. The second kappa shape index (κ2) is 12.7. The highest BCUT2D eigenvalue weighted by molar-refractivity contribution is 5.84. The van der Waals surface area contributed by atoms with E-state index in [0.717, 1.165) is 17.6 Å². The lowest BCUT2D eigenvalue weighted by Gasteiger charge is -2.18. The molecule has 1 aromatic rings. The number of esters is 2. The van der Waals surface area contributed by atoms with Crippen LogP contribution in [-0.2, 0) is 30.4 Å². The molecule has 1 atom stereocenters. The van der Waals surface area contributed by atoms with Gasteiger partial charge in [-0.15, -0.1) is 0 Å². The van der Waals surface area contributed by atoms with Crippen molar-refractivity contribution in [3.63, 3.8) is 0 Å². The Morgan fingerprint density at radius 1 is 1.03 bits per heavy atom. The van der Waals surface area contributed by atoms with Crippen molar-refractivity contribution in [2.45, 2.75) is 59.4 Å². The minimum absolute atomic E-state index is 0.468. The first-order chi connectivity index (χ1) is 13.7. The van der Waals surface area contributed by atoms with Crippen LogP contribution in [0.15, 0.2) is 66.3 Å². The Kier molecular flexibility index (Phi) is 10.7. The molecule has 5 nitrogen and oxygen atoms in total. The summed E-state index contributed by atoms with van der Waals surface area (Å²) in [5, 5.41) is 0. The van der Waals surface area contributed by atoms with E-state index < -0.39 is 23.6 Å². The molecule has 0 aliphatic carbocycles. The number of hydrogen-bond acceptors (Lipinski definition) is 5. The predicted octanol–water partition coefficient (Wildman–Crippen LogP) is 4.93. The maximum Gasteiger partial charge on any atom is 0.331 e. The highest BCUT2D eigenvalue weighted by Gasteiger charge is 2.14. The van der Waals surface area contributed by atoms with Crippen LogP contribution in [0.4, 0.5) is 0 Å². The van der Waals surface area contributed by atoms with Gasteiger partial charge >= 0.3 is 11.9 Å². The normalized spacial score (nSPS) is 13.6. The van der Waals surface area contributed by atoms with E-state index in [-0.39, 0.29) is 0 Å². The number of allylic oxidation sites excluding steroid dienone is 2. The zero-order valence-corrected chi connectivity index (χ0v) is 18.0. The molecule has 0 unspecified atom stereocenters. The molecule has 5 heteroatoms. The molecule has 0 spiro atoms. The van der Waals surface area contributed by atoms with Gasteiger partial charge in [0.25, 0.3) is 0 Å². The first-order valence-electron chi connectivity index (χ1n) is 9.74. The van der Waals surface area contributed by atoms with Crippen molar-refractivity contribution < 1.29 is 23.8 Å². The molecule has 0 aliphatic heterocycles. The van der Waals surface area contributed by atoms with Gasteiger partial charge in [0.2, 0.25) is 0 Å². The molecular weight excluding hydrogens is 368 g/mol. The molecule has 0 aromatic heterocycles. The van der Waals surface area contributed by atoms with Crippen molar-refractivity contribution in [3.05, 3.63) is 71.8 Å². The third-order valence-electron chi connectivity index (χ3n) is 3.53. The van der Waals surface area contributed by atoms with Crippen molar-refractivity contribution in [1.29, 1.82) is 0 Å². The fourth-order valence-electron chi connectivity index (χ4n) is 2.21. The first-order valence-corrected chi connectivity index (χ1v) is 9.74. The molecule has 158 valence electrons. The number of rotatable bonds is 10. The Labute approximate surface area is 174 Å². The summed E-state index contributed by atoms with van der Waals surface area (Å²) in [5.41, 5.74) is 1.54. The van der Waals surface area contributed by atoms with E-state index in [1.807, 2.05) is 43.3 Å². The van der Waals surface area contributed by atoms with Crippen LogP contribution in [0.3, 0.4) is 0 Å². The van der Waals surface area contributed by atoms with Crippen LogP contribution >= 0.6 is 0 Å². The summed E-state index contributed by atoms with van der Waals surface area (Å²) in [6, 6.07) is 10.0. The summed E-state index contributed by atoms with van der Waals surface area (Å²) in [4.78, 5) is 23.5. The van der Waals surface area contributed by atoms with Crippen molar-refractivity contribution in [1.82, 2.24) is 0 Å². The summed E-state index contributed by atoms with van der Waals surface area (Å²) < 4.78 is 16.0. The Morgan fingerprint density at radius 3 is 2.38 bits per heavy atom. The lowest BCUT2D eigenvalue weighted by atomic mass is 10.2. The van der Waals surface area contributed by atoms with Crippen LogP contribution in [0, 0.1) is 0 Å². The second-order valence-corrected chi connectivity index (χ2v) is 7.64. The predicted molar refractivity (Wildman–Crippen MR) is 114 cm³/mol. The van der Waals surface area contributed by atoms with Crippen LogP contribution in [-0.4, -0.2) is 30.3 Å². The molecule has 0 amide bonds. The van der Waals surface area contributed by atoms with Gasteiger partial charge in [0.15, 0.2) is 0 Å². The van der Waals surface area contributed by atoms with Gasteiger partial charge in [-0.05, 0) is 52.7 Å².